The van der Waals surface area contributed by atoms with Gasteiger partial charge in [-0.05, 0) is 13.0 Å². The third-order valence-electron chi connectivity index (χ3n) is 1.49. The van der Waals surface area contributed by atoms with Crippen molar-refractivity contribution in [3.8, 4) is 0 Å². The molecule has 0 aliphatic rings. The van der Waals surface area contributed by atoms with E-state index in [9.17, 15) is 0 Å². The van der Waals surface area contributed by atoms with E-state index in [1.807, 2.05) is 20.0 Å². The third kappa shape index (κ3) is 2.03. The lowest BCUT2D eigenvalue weighted by molar-refractivity contribution is -0.282. The highest BCUT2D eigenvalue weighted by atomic mass is 17.2. The molecule has 1 aromatic heterocycles. The van der Waals surface area contributed by atoms with Crippen molar-refractivity contribution in [3.63, 3.8) is 0 Å². The first-order valence-electron chi connectivity index (χ1n) is 3.39. The van der Waals surface area contributed by atoms with Crippen LogP contribution in [0.15, 0.2) is 6.07 Å². The summed E-state index contributed by atoms with van der Waals surface area (Å²) in [5, 5.41) is 4.16. The number of aryl methyl sites for hydroxylation is 2. The van der Waals surface area contributed by atoms with Crippen molar-refractivity contribution in [3.05, 3.63) is 17.5 Å². The summed E-state index contributed by atoms with van der Waals surface area (Å²) in [5.41, 5.74) is 1.99. The van der Waals surface area contributed by atoms with Gasteiger partial charge in [0.15, 0.2) is 0 Å². The second-order valence-corrected chi connectivity index (χ2v) is 2.33. The van der Waals surface area contributed by atoms with Crippen molar-refractivity contribution in [1.29, 1.82) is 0 Å². The minimum Gasteiger partial charge on any atom is -0.273 e. The van der Waals surface area contributed by atoms with Crippen LogP contribution in [-0.2, 0) is 23.4 Å². The second-order valence-electron chi connectivity index (χ2n) is 2.33. The zero-order valence-corrected chi connectivity index (χ0v) is 7.00. The smallest absolute Gasteiger partial charge is 0.126 e. The maximum absolute atomic E-state index is 4.71. The lowest BCUT2D eigenvalue weighted by atomic mass is 10.4. The molecule has 0 fully saturated rings. The Kier molecular flexibility index (Phi) is 2.62. The van der Waals surface area contributed by atoms with Crippen LogP contribution in [0.3, 0.4) is 0 Å². The largest absolute Gasteiger partial charge is 0.273 e. The Hall–Kier alpha value is -0.870. The van der Waals surface area contributed by atoms with E-state index in [0.717, 1.165) is 11.4 Å². The molecule has 1 heterocycles. The molecule has 0 N–H and O–H groups in total. The van der Waals surface area contributed by atoms with Crippen LogP contribution in [0.2, 0.25) is 0 Å². The molecule has 4 nitrogen and oxygen atoms in total. The molecule has 0 aliphatic carbocycles. The Bertz CT molecular complexity index is 213. The SMILES string of the molecule is COOCc1cc(C)n(C)n1. The predicted octanol–water partition coefficient (Wildman–Crippen LogP) is 0.807. The van der Waals surface area contributed by atoms with Gasteiger partial charge in [-0.3, -0.25) is 4.68 Å². The van der Waals surface area contributed by atoms with E-state index in [4.69, 9.17) is 4.89 Å². The molecular weight excluding hydrogens is 144 g/mol. The van der Waals surface area contributed by atoms with Gasteiger partial charge >= 0.3 is 0 Å². The van der Waals surface area contributed by atoms with Crippen LogP contribution >= 0.6 is 0 Å². The van der Waals surface area contributed by atoms with Crippen LogP contribution in [0.25, 0.3) is 0 Å². The van der Waals surface area contributed by atoms with Gasteiger partial charge in [-0.15, -0.1) is 0 Å². The zero-order chi connectivity index (χ0) is 8.27. The van der Waals surface area contributed by atoms with E-state index < -0.39 is 0 Å². The van der Waals surface area contributed by atoms with Crippen molar-refractivity contribution in [2.75, 3.05) is 7.11 Å². The fraction of sp³-hybridized carbons (Fsp3) is 0.571. The Morgan fingerprint density at radius 1 is 1.64 bits per heavy atom. The fourth-order valence-electron chi connectivity index (χ4n) is 0.825. The minimum absolute atomic E-state index is 0.401. The lowest BCUT2D eigenvalue weighted by Gasteiger charge is -1.93. The van der Waals surface area contributed by atoms with Gasteiger partial charge in [-0.25, -0.2) is 9.78 Å². The summed E-state index contributed by atoms with van der Waals surface area (Å²) in [4.78, 5) is 9.16. The Morgan fingerprint density at radius 2 is 2.36 bits per heavy atom. The number of hydrogen-bond donors (Lipinski definition) is 0. The van der Waals surface area contributed by atoms with Crippen molar-refractivity contribution >= 4 is 0 Å². The van der Waals surface area contributed by atoms with Gasteiger partial charge in [-0.1, -0.05) is 0 Å². The van der Waals surface area contributed by atoms with Crippen LogP contribution in [-0.4, -0.2) is 16.9 Å². The maximum atomic E-state index is 4.71. The molecule has 62 valence electrons. The maximum Gasteiger partial charge on any atom is 0.126 e. The van der Waals surface area contributed by atoms with Gasteiger partial charge in [0, 0.05) is 12.7 Å². The van der Waals surface area contributed by atoms with E-state index >= 15 is 0 Å². The van der Waals surface area contributed by atoms with Crippen LogP contribution in [0, 0.1) is 6.92 Å². The molecule has 1 aromatic rings. The number of hydrogen-bond acceptors (Lipinski definition) is 3. The molecule has 0 atom stereocenters. The Balaban J connectivity index is 2.58. The Labute approximate surface area is 65.7 Å². The average Bonchev–Trinajstić information content (AvgIpc) is 2.28. The molecule has 0 radical (unpaired) electrons. The summed E-state index contributed by atoms with van der Waals surface area (Å²) < 4.78 is 1.80. The molecule has 0 spiro atoms. The van der Waals surface area contributed by atoms with Gasteiger partial charge in [0.2, 0.25) is 0 Å². The van der Waals surface area contributed by atoms with Crippen LogP contribution < -0.4 is 0 Å². The molecule has 0 unspecified atom stereocenters. The summed E-state index contributed by atoms with van der Waals surface area (Å²) in [7, 11) is 3.38. The van der Waals surface area contributed by atoms with Crippen molar-refractivity contribution in [1.82, 2.24) is 9.78 Å². The minimum atomic E-state index is 0.401. The zero-order valence-electron chi connectivity index (χ0n) is 7.00. The predicted molar refractivity (Wildman–Crippen MR) is 39.7 cm³/mol. The Morgan fingerprint density at radius 3 is 2.82 bits per heavy atom. The van der Waals surface area contributed by atoms with Gasteiger partial charge in [0.05, 0.1) is 12.8 Å². The molecule has 11 heavy (non-hydrogen) atoms. The van der Waals surface area contributed by atoms with Gasteiger partial charge in [0.1, 0.15) is 6.61 Å². The highest BCUT2D eigenvalue weighted by molar-refractivity contribution is 5.06. The molecular formula is C7H12N2O2. The molecule has 0 aliphatic heterocycles. The monoisotopic (exact) mass is 156 g/mol. The highest BCUT2D eigenvalue weighted by Gasteiger charge is 1.99. The molecule has 0 bridgehead atoms. The quantitative estimate of drug-likeness (QED) is 0.480. The second kappa shape index (κ2) is 3.50. The summed E-state index contributed by atoms with van der Waals surface area (Å²) in [6.07, 6.45) is 0. The highest BCUT2D eigenvalue weighted by Crippen LogP contribution is 2.02. The first-order chi connectivity index (χ1) is 5.24. The topological polar surface area (TPSA) is 36.3 Å². The molecule has 0 aromatic carbocycles. The normalized spacial score (nSPS) is 10.5. The molecule has 1 rings (SSSR count). The van der Waals surface area contributed by atoms with Crippen molar-refractivity contribution in [2.45, 2.75) is 13.5 Å². The van der Waals surface area contributed by atoms with Gasteiger partial charge in [-0.2, -0.15) is 5.10 Å². The van der Waals surface area contributed by atoms with E-state index in [2.05, 4.69) is 9.99 Å². The van der Waals surface area contributed by atoms with Crippen LogP contribution in [0.4, 0.5) is 0 Å². The molecule has 0 amide bonds. The summed E-state index contributed by atoms with van der Waals surface area (Å²) >= 11 is 0. The first kappa shape index (κ1) is 8.23. The number of aromatic nitrogens is 2. The standard InChI is InChI=1S/C7H12N2O2/c1-6-4-7(5-11-10-3)8-9(6)2/h4H,5H2,1-3H3. The first-order valence-corrected chi connectivity index (χ1v) is 3.39. The summed E-state index contributed by atoms with van der Waals surface area (Å²) in [6.45, 7) is 2.39. The summed E-state index contributed by atoms with van der Waals surface area (Å²) in [5.74, 6) is 0. The molecule has 4 heteroatoms. The van der Waals surface area contributed by atoms with Gasteiger partial charge in [0.25, 0.3) is 0 Å². The molecule has 0 saturated heterocycles. The van der Waals surface area contributed by atoms with Gasteiger partial charge < -0.3 is 0 Å². The van der Waals surface area contributed by atoms with E-state index in [1.165, 1.54) is 7.11 Å². The number of nitrogens with zero attached hydrogens (tertiary/aromatic N) is 2. The van der Waals surface area contributed by atoms with Crippen molar-refractivity contribution in [2.24, 2.45) is 7.05 Å². The average molecular weight is 156 g/mol. The van der Waals surface area contributed by atoms with Crippen LogP contribution in [0.1, 0.15) is 11.4 Å². The fourth-order valence-corrected chi connectivity index (χ4v) is 0.825. The van der Waals surface area contributed by atoms with E-state index in [1.54, 1.807) is 4.68 Å². The molecule has 0 saturated carbocycles. The van der Waals surface area contributed by atoms with E-state index in [0.29, 0.717) is 6.61 Å². The summed E-state index contributed by atoms with van der Waals surface area (Å²) in [6, 6.07) is 1.96. The van der Waals surface area contributed by atoms with Crippen LogP contribution in [0.5, 0.6) is 0 Å². The third-order valence-corrected chi connectivity index (χ3v) is 1.49. The lowest BCUT2D eigenvalue weighted by Crippen LogP contribution is -1.95. The van der Waals surface area contributed by atoms with Crippen molar-refractivity contribution < 1.29 is 9.78 Å². The number of rotatable bonds is 3. The van der Waals surface area contributed by atoms with E-state index in [-0.39, 0.29) is 0 Å².